The van der Waals surface area contributed by atoms with Gasteiger partial charge < -0.3 is 18.9 Å². The van der Waals surface area contributed by atoms with Crippen LogP contribution in [0, 0.1) is 23.2 Å². The van der Waals surface area contributed by atoms with Crippen molar-refractivity contribution in [1.82, 2.24) is 0 Å². The summed E-state index contributed by atoms with van der Waals surface area (Å²) < 4.78 is 23.5. The van der Waals surface area contributed by atoms with E-state index in [4.69, 9.17) is 18.9 Å². The van der Waals surface area contributed by atoms with Crippen LogP contribution in [0.2, 0.25) is 0 Å². The Morgan fingerprint density at radius 2 is 1.62 bits per heavy atom. The third-order valence-electron chi connectivity index (χ3n) is 10.9. The van der Waals surface area contributed by atoms with Gasteiger partial charge >= 0.3 is 11.9 Å². The molecule has 1 aromatic carbocycles. The van der Waals surface area contributed by atoms with E-state index in [2.05, 4.69) is 35.0 Å². The van der Waals surface area contributed by atoms with E-state index in [9.17, 15) is 9.59 Å². The van der Waals surface area contributed by atoms with Crippen molar-refractivity contribution in [1.29, 1.82) is 0 Å². The van der Waals surface area contributed by atoms with Crippen LogP contribution in [-0.4, -0.2) is 42.4 Å². The maximum absolute atomic E-state index is 11.7. The van der Waals surface area contributed by atoms with E-state index in [1.807, 2.05) is 6.07 Å². The average Bonchev–Trinajstić information content (AvgIpc) is 3.53. The molecule has 1 unspecified atom stereocenters. The molecule has 0 N–H and O–H groups in total. The Labute approximate surface area is 261 Å². The van der Waals surface area contributed by atoms with Crippen LogP contribution in [-0.2, 0) is 30.2 Å². The zero-order valence-corrected chi connectivity index (χ0v) is 27.6. The van der Waals surface area contributed by atoms with Crippen LogP contribution < -0.4 is 4.74 Å². The smallest absolute Gasteiger partial charge is 0.308 e. The molecule has 1 heterocycles. The zero-order valence-electron chi connectivity index (χ0n) is 26.0. The molecule has 234 valence electrons. The van der Waals surface area contributed by atoms with Crippen molar-refractivity contribution in [3.05, 3.63) is 29.3 Å². The van der Waals surface area contributed by atoms with Gasteiger partial charge in [-0.1, -0.05) is 80.3 Å². The summed E-state index contributed by atoms with van der Waals surface area (Å²) >= 11 is 4.05. The van der Waals surface area contributed by atoms with Crippen molar-refractivity contribution in [2.24, 2.45) is 23.2 Å². The lowest BCUT2D eigenvalue weighted by atomic mass is 9.51. The Hall–Kier alpha value is -1.44. The molecule has 6 atom stereocenters. The van der Waals surface area contributed by atoms with Crippen LogP contribution in [0.5, 0.6) is 5.75 Å². The second kappa shape index (κ2) is 14.1. The van der Waals surface area contributed by atoms with Crippen molar-refractivity contribution in [3.63, 3.8) is 0 Å². The highest BCUT2D eigenvalue weighted by Crippen LogP contribution is 2.68. The molecule has 3 aliphatic carbocycles. The molecule has 1 spiro atoms. The van der Waals surface area contributed by atoms with Gasteiger partial charge in [-0.2, -0.15) is 0 Å². The summed E-state index contributed by atoms with van der Waals surface area (Å²) in [5.41, 5.74) is 2.88. The number of unbranched alkanes of at least 4 members (excludes halogenated alkanes) is 8. The Morgan fingerprint density at radius 3 is 2.29 bits per heavy atom. The first kappa shape index (κ1) is 32.0. The largest absolute Gasteiger partial charge is 0.466 e. The molecular formula is C35H51BrO6. The maximum atomic E-state index is 11.7. The molecular weight excluding hydrogens is 596 g/mol. The van der Waals surface area contributed by atoms with Crippen molar-refractivity contribution in [2.75, 3.05) is 19.8 Å². The molecule has 3 fully saturated rings. The summed E-state index contributed by atoms with van der Waals surface area (Å²) in [5.74, 6) is 2.09. The number of benzene rings is 1. The molecule has 0 amide bonds. The Morgan fingerprint density at radius 1 is 0.952 bits per heavy atom. The van der Waals surface area contributed by atoms with Gasteiger partial charge in [0.25, 0.3) is 0 Å². The lowest BCUT2D eigenvalue weighted by Crippen LogP contribution is -2.55. The number of alkyl halides is 1. The van der Waals surface area contributed by atoms with Crippen molar-refractivity contribution in [2.45, 2.75) is 127 Å². The molecule has 0 radical (unpaired) electrons. The highest BCUT2D eigenvalue weighted by Gasteiger charge is 2.69. The summed E-state index contributed by atoms with van der Waals surface area (Å²) in [7, 11) is 0. The Kier molecular flexibility index (Phi) is 10.7. The number of esters is 2. The summed E-state index contributed by atoms with van der Waals surface area (Å²) in [5, 5.41) is 0. The third-order valence-corrected chi connectivity index (χ3v) is 11.9. The van der Waals surface area contributed by atoms with Gasteiger partial charge in [0, 0.05) is 19.3 Å². The molecule has 0 aromatic heterocycles. The number of hydrogen-bond acceptors (Lipinski definition) is 6. The fraction of sp³-hybridized carbons (Fsp3) is 0.771. The molecule has 0 bridgehead atoms. The van der Waals surface area contributed by atoms with Gasteiger partial charge in [0.1, 0.15) is 5.75 Å². The topological polar surface area (TPSA) is 71.1 Å². The molecule has 1 saturated heterocycles. The molecule has 42 heavy (non-hydrogen) atoms. The van der Waals surface area contributed by atoms with E-state index in [-0.39, 0.29) is 22.2 Å². The normalized spacial score (nSPS) is 30.9. The SMILES string of the molecule is CC(=O)OCCCCCCCCCCC[C@@H]1Cc2cc(OC(C)=O)ccc2[C@H]2CC[C@@]3(C)[C@@H](CC(Br)C34OCCO4)[C@H]12. The van der Waals surface area contributed by atoms with E-state index in [1.165, 1.54) is 76.3 Å². The quantitative estimate of drug-likeness (QED) is 0.0929. The van der Waals surface area contributed by atoms with Gasteiger partial charge in [-0.3, -0.25) is 9.59 Å². The number of ether oxygens (including phenoxy) is 4. The summed E-state index contributed by atoms with van der Waals surface area (Å²) in [4.78, 5) is 22.8. The number of fused-ring (bicyclic) bond motifs is 6. The van der Waals surface area contributed by atoms with Crippen LogP contribution in [0.3, 0.4) is 0 Å². The molecule has 5 rings (SSSR count). The molecule has 6 nitrogen and oxygen atoms in total. The molecule has 7 heteroatoms. The van der Waals surface area contributed by atoms with Crippen LogP contribution >= 0.6 is 15.9 Å². The van der Waals surface area contributed by atoms with E-state index >= 15 is 0 Å². The van der Waals surface area contributed by atoms with Crippen molar-refractivity contribution < 1.29 is 28.5 Å². The van der Waals surface area contributed by atoms with Crippen molar-refractivity contribution >= 4 is 27.9 Å². The second-order valence-electron chi connectivity index (χ2n) is 13.5. The number of rotatable bonds is 13. The first-order valence-electron chi connectivity index (χ1n) is 16.6. The molecule has 1 aromatic rings. The van der Waals surface area contributed by atoms with E-state index in [1.54, 1.807) is 0 Å². The lowest BCUT2D eigenvalue weighted by molar-refractivity contribution is -0.235. The van der Waals surface area contributed by atoms with Gasteiger partial charge in [0.2, 0.25) is 0 Å². The number of carbonyl (C=O) groups excluding carboxylic acids is 2. The fourth-order valence-electron chi connectivity index (χ4n) is 9.11. The Bertz CT molecular complexity index is 1080. The van der Waals surface area contributed by atoms with Crippen LogP contribution in [0.4, 0.5) is 0 Å². The predicted octanol–water partition coefficient (Wildman–Crippen LogP) is 8.27. The molecule has 1 aliphatic heterocycles. The summed E-state index contributed by atoms with van der Waals surface area (Å²) in [6.07, 6.45) is 16.8. The summed E-state index contributed by atoms with van der Waals surface area (Å²) in [6, 6.07) is 6.39. The Balaban J connectivity index is 1.20. The van der Waals surface area contributed by atoms with Gasteiger partial charge in [-0.25, -0.2) is 0 Å². The number of carbonyl (C=O) groups is 2. The van der Waals surface area contributed by atoms with Crippen LogP contribution in [0.25, 0.3) is 0 Å². The minimum Gasteiger partial charge on any atom is -0.466 e. The summed E-state index contributed by atoms with van der Waals surface area (Å²) in [6.45, 7) is 7.35. The zero-order chi connectivity index (χ0) is 29.7. The minimum absolute atomic E-state index is 0.0183. The monoisotopic (exact) mass is 646 g/mol. The van der Waals surface area contributed by atoms with Crippen LogP contribution in [0.15, 0.2) is 18.2 Å². The minimum atomic E-state index is -0.493. The molecule has 4 aliphatic rings. The van der Waals surface area contributed by atoms with Gasteiger partial charge in [-0.15, -0.1) is 0 Å². The molecule has 2 saturated carbocycles. The maximum Gasteiger partial charge on any atom is 0.308 e. The standard InChI is InChI=1S/C35H51BrO6/c1-24(37)39-18-12-10-8-6-4-5-7-9-11-13-26-21-27-22-28(42-25(2)38)14-15-29(27)30-16-17-34(3)31(33(26)30)23-32(36)35(34)40-19-20-41-35/h14-15,22,26,30-33H,4-13,16-21,23H2,1-3H3/t26-,30-,31+,32?,33-,34+/m1/s1. The highest BCUT2D eigenvalue weighted by atomic mass is 79.9. The van der Waals surface area contributed by atoms with Gasteiger partial charge in [0.05, 0.1) is 24.6 Å². The first-order chi connectivity index (χ1) is 20.2. The average molecular weight is 648 g/mol. The van der Waals surface area contributed by atoms with Gasteiger partial charge in [-0.05, 0) is 85.5 Å². The van der Waals surface area contributed by atoms with Gasteiger partial charge in [0.15, 0.2) is 5.79 Å². The number of hydrogen-bond donors (Lipinski definition) is 0. The van der Waals surface area contributed by atoms with E-state index in [0.717, 1.165) is 38.5 Å². The third kappa shape index (κ3) is 6.63. The lowest BCUT2D eigenvalue weighted by Gasteiger charge is -2.55. The number of halogens is 1. The van der Waals surface area contributed by atoms with Crippen LogP contribution in [0.1, 0.15) is 121 Å². The van der Waals surface area contributed by atoms with Crippen molar-refractivity contribution in [3.8, 4) is 5.75 Å². The second-order valence-corrected chi connectivity index (χ2v) is 14.6. The first-order valence-corrected chi connectivity index (χ1v) is 17.5. The predicted molar refractivity (Wildman–Crippen MR) is 167 cm³/mol. The van der Waals surface area contributed by atoms with E-state index < -0.39 is 5.79 Å². The highest BCUT2D eigenvalue weighted by molar-refractivity contribution is 9.09. The fourth-order valence-corrected chi connectivity index (χ4v) is 10.3. The van der Waals surface area contributed by atoms with E-state index in [0.29, 0.717) is 49.2 Å².